The molecule has 32 heavy (non-hydrogen) atoms. The van der Waals surface area contributed by atoms with E-state index >= 15 is 0 Å². The smallest absolute Gasteiger partial charge is 0.282 e. The van der Waals surface area contributed by atoms with Gasteiger partial charge in [-0.15, -0.1) is 0 Å². The molecule has 2 amide bonds. The number of ether oxygens (including phenoxy) is 4. The molecule has 0 aromatic heterocycles. The minimum absolute atomic E-state index is 0.338. The number of carbonyl (C=O) groups excluding carboxylic acids is 2. The molecule has 8 nitrogen and oxygen atoms in total. The Morgan fingerprint density at radius 1 is 0.875 bits per heavy atom. The van der Waals surface area contributed by atoms with Crippen molar-refractivity contribution in [2.75, 3.05) is 58.6 Å². The molecule has 2 aliphatic rings. The first-order chi connectivity index (χ1) is 15.7. The highest BCUT2D eigenvalue weighted by atomic mass is 16.6. The summed E-state index contributed by atoms with van der Waals surface area (Å²) in [5, 5.41) is 0. The highest BCUT2D eigenvalue weighted by Crippen LogP contribution is 2.39. The maximum absolute atomic E-state index is 13.7. The number of fused-ring (bicyclic) bond motifs is 1. The van der Waals surface area contributed by atoms with E-state index in [0.29, 0.717) is 73.5 Å². The van der Waals surface area contributed by atoms with E-state index in [1.807, 2.05) is 35.2 Å². The lowest BCUT2D eigenvalue weighted by Crippen LogP contribution is -2.37. The van der Waals surface area contributed by atoms with Gasteiger partial charge in [-0.1, -0.05) is 30.3 Å². The molecule has 0 unspecified atom stereocenters. The van der Waals surface area contributed by atoms with Crippen LogP contribution in [-0.4, -0.2) is 70.5 Å². The molecule has 2 aromatic carbocycles. The Balaban J connectivity index is 1.77. The van der Waals surface area contributed by atoms with Gasteiger partial charge in [0.15, 0.2) is 11.5 Å². The standard InChI is InChI=1S/C24H26N2O6/c1-29-12-10-25(11-13-30-2)22-21(17-6-4-3-5-7-17)23(27)26(24(22)28)18-8-9-19-20(16-18)32-15-14-31-19/h3-9,16H,10-15H2,1-2H3. The van der Waals surface area contributed by atoms with Crippen LogP contribution in [0.2, 0.25) is 0 Å². The van der Waals surface area contributed by atoms with E-state index < -0.39 is 5.91 Å². The molecule has 4 rings (SSSR count). The maximum atomic E-state index is 13.7. The molecule has 0 N–H and O–H groups in total. The Morgan fingerprint density at radius 3 is 2.19 bits per heavy atom. The molecule has 0 atom stereocenters. The van der Waals surface area contributed by atoms with E-state index in [-0.39, 0.29) is 5.91 Å². The van der Waals surface area contributed by atoms with Gasteiger partial charge in [0.25, 0.3) is 11.8 Å². The van der Waals surface area contributed by atoms with Crippen molar-refractivity contribution < 1.29 is 28.5 Å². The van der Waals surface area contributed by atoms with Crippen LogP contribution in [0.5, 0.6) is 11.5 Å². The van der Waals surface area contributed by atoms with E-state index in [4.69, 9.17) is 18.9 Å². The molecular weight excluding hydrogens is 412 g/mol. The van der Waals surface area contributed by atoms with Gasteiger partial charge in [-0.3, -0.25) is 9.59 Å². The molecule has 2 aromatic rings. The van der Waals surface area contributed by atoms with Crippen molar-refractivity contribution >= 4 is 23.1 Å². The topological polar surface area (TPSA) is 77.5 Å². The van der Waals surface area contributed by atoms with Gasteiger partial charge in [0.1, 0.15) is 18.9 Å². The minimum Gasteiger partial charge on any atom is -0.486 e. The second-order valence-electron chi connectivity index (χ2n) is 7.34. The predicted octanol–water partition coefficient (Wildman–Crippen LogP) is 2.34. The van der Waals surface area contributed by atoms with Crippen LogP contribution in [0.3, 0.4) is 0 Å². The Morgan fingerprint density at radius 2 is 1.53 bits per heavy atom. The molecule has 0 saturated heterocycles. The highest BCUT2D eigenvalue weighted by molar-refractivity contribution is 6.45. The van der Waals surface area contributed by atoms with E-state index in [1.165, 1.54) is 4.90 Å². The first-order valence-corrected chi connectivity index (χ1v) is 10.5. The Bertz CT molecular complexity index is 1010. The van der Waals surface area contributed by atoms with Gasteiger partial charge in [0.2, 0.25) is 0 Å². The van der Waals surface area contributed by atoms with Crippen LogP contribution < -0.4 is 14.4 Å². The second-order valence-corrected chi connectivity index (χ2v) is 7.34. The Labute approximate surface area is 186 Å². The molecule has 0 fully saturated rings. The molecule has 2 heterocycles. The molecule has 8 heteroatoms. The summed E-state index contributed by atoms with van der Waals surface area (Å²) < 4.78 is 21.7. The number of amides is 2. The number of rotatable bonds is 9. The third kappa shape index (κ3) is 4.19. The molecule has 0 radical (unpaired) electrons. The quantitative estimate of drug-likeness (QED) is 0.556. The molecular formula is C24H26N2O6. The largest absolute Gasteiger partial charge is 0.486 e. The van der Waals surface area contributed by atoms with Gasteiger partial charge in [0.05, 0.1) is 24.5 Å². The van der Waals surface area contributed by atoms with Gasteiger partial charge in [0, 0.05) is 33.4 Å². The number of hydrogen-bond donors (Lipinski definition) is 0. The monoisotopic (exact) mass is 438 g/mol. The minimum atomic E-state index is -0.391. The lowest BCUT2D eigenvalue weighted by Gasteiger charge is -2.26. The summed E-state index contributed by atoms with van der Waals surface area (Å²) in [5.41, 5.74) is 1.81. The Kier molecular flexibility index (Phi) is 6.72. The molecule has 0 bridgehead atoms. The normalized spacial score (nSPS) is 15.5. The van der Waals surface area contributed by atoms with Crippen molar-refractivity contribution in [3.8, 4) is 11.5 Å². The maximum Gasteiger partial charge on any atom is 0.282 e. The third-order valence-electron chi connectivity index (χ3n) is 5.35. The van der Waals surface area contributed by atoms with Crippen LogP contribution in [0.4, 0.5) is 5.69 Å². The second kappa shape index (κ2) is 9.84. The van der Waals surface area contributed by atoms with Crippen LogP contribution in [0.1, 0.15) is 5.56 Å². The van der Waals surface area contributed by atoms with Crippen molar-refractivity contribution in [2.24, 2.45) is 0 Å². The molecule has 168 valence electrons. The third-order valence-corrected chi connectivity index (χ3v) is 5.35. The van der Waals surface area contributed by atoms with Crippen LogP contribution in [0.25, 0.3) is 5.57 Å². The van der Waals surface area contributed by atoms with Crippen LogP contribution in [0, 0.1) is 0 Å². The van der Waals surface area contributed by atoms with Crippen molar-refractivity contribution in [1.29, 1.82) is 0 Å². The summed E-state index contributed by atoms with van der Waals surface area (Å²) in [4.78, 5) is 30.4. The zero-order valence-electron chi connectivity index (χ0n) is 18.2. The summed E-state index contributed by atoms with van der Waals surface area (Å²) in [6, 6.07) is 14.3. The lowest BCUT2D eigenvalue weighted by molar-refractivity contribution is -0.120. The van der Waals surface area contributed by atoms with Gasteiger partial charge in [-0.25, -0.2) is 4.90 Å². The summed E-state index contributed by atoms with van der Waals surface area (Å²) in [7, 11) is 3.20. The fourth-order valence-corrected chi connectivity index (χ4v) is 3.82. The number of benzene rings is 2. The van der Waals surface area contributed by atoms with E-state index in [1.54, 1.807) is 32.4 Å². The molecule has 0 spiro atoms. The van der Waals surface area contributed by atoms with E-state index in [0.717, 1.165) is 0 Å². The van der Waals surface area contributed by atoms with Crippen LogP contribution in [-0.2, 0) is 19.1 Å². The predicted molar refractivity (Wildman–Crippen MR) is 119 cm³/mol. The summed E-state index contributed by atoms with van der Waals surface area (Å²) in [6.07, 6.45) is 0. The SMILES string of the molecule is COCCN(CCOC)C1=C(c2ccccc2)C(=O)N(c2ccc3c(c2)OCCO3)C1=O. The summed E-state index contributed by atoms with van der Waals surface area (Å²) >= 11 is 0. The van der Waals surface area contributed by atoms with E-state index in [9.17, 15) is 9.59 Å². The summed E-state index contributed by atoms with van der Waals surface area (Å²) in [6.45, 7) is 2.57. The molecule has 0 saturated carbocycles. The summed E-state index contributed by atoms with van der Waals surface area (Å²) in [5.74, 6) is 0.336. The average molecular weight is 438 g/mol. The number of nitrogens with zero attached hydrogens (tertiary/aromatic N) is 2. The fraction of sp³-hybridized carbons (Fsp3) is 0.333. The lowest BCUT2D eigenvalue weighted by atomic mass is 10.0. The van der Waals surface area contributed by atoms with Crippen molar-refractivity contribution in [2.45, 2.75) is 0 Å². The first-order valence-electron chi connectivity index (χ1n) is 10.5. The number of methoxy groups -OCH3 is 2. The molecule has 0 aliphatic carbocycles. The molecule has 2 aliphatic heterocycles. The van der Waals surface area contributed by atoms with Crippen molar-refractivity contribution in [3.63, 3.8) is 0 Å². The highest BCUT2D eigenvalue weighted by Gasteiger charge is 2.42. The van der Waals surface area contributed by atoms with Gasteiger partial charge in [-0.05, 0) is 17.7 Å². The van der Waals surface area contributed by atoms with Crippen LogP contribution >= 0.6 is 0 Å². The number of imide groups is 1. The average Bonchev–Trinajstić information content (AvgIpc) is 3.09. The van der Waals surface area contributed by atoms with Gasteiger partial charge < -0.3 is 23.8 Å². The number of anilines is 1. The zero-order valence-corrected chi connectivity index (χ0v) is 18.2. The first kappa shape index (κ1) is 21.9. The number of carbonyl (C=O) groups is 2. The van der Waals surface area contributed by atoms with Crippen molar-refractivity contribution in [1.82, 2.24) is 4.90 Å². The van der Waals surface area contributed by atoms with E-state index in [2.05, 4.69) is 0 Å². The van der Waals surface area contributed by atoms with Crippen molar-refractivity contribution in [3.05, 3.63) is 59.8 Å². The fourth-order valence-electron chi connectivity index (χ4n) is 3.82. The number of hydrogen-bond acceptors (Lipinski definition) is 7. The zero-order chi connectivity index (χ0) is 22.5. The van der Waals surface area contributed by atoms with Gasteiger partial charge in [-0.2, -0.15) is 0 Å². The van der Waals surface area contributed by atoms with Gasteiger partial charge >= 0.3 is 0 Å². The Hall–Kier alpha value is -3.36. The van der Waals surface area contributed by atoms with Crippen LogP contribution in [0.15, 0.2) is 54.2 Å².